The van der Waals surface area contributed by atoms with Crippen LogP contribution in [0.3, 0.4) is 0 Å². The van der Waals surface area contributed by atoms with Crippen LogP contribution in [0.1, 0.15) is 158 Å². The summed E-state index contributed by atoms with van der Waals surface area (Å²) in [6.45, 7) is 13.4. The molecule has 12 heteroatoms. The first-order valence-electron chi connectivity index (χ1n) is 22.9. The zero-order valence-electron chi connectivity index (χ0n) is 37.5. The molecule has 0 aromatic heterocycles. The molecular weight excluding hydrogens is 769 g/mol. The maximum Gasteiger partial charge on any atom is 0.511 e. The molecule has 10 atom stereocenters. The van der Waals surface area contributed by atoms with E-state index in [-0.39, 0.29) is 73.6 Å². The summed E-state index contributed by atoms with van der Waals surface area (Å²) in [5, 5.41) is 0. The number of carbonyl (C=O) groups excluding carboxylic acids is 6. The molecule has 4 fully saturated rings. The molecule has 338 valence electrons. The van der Waals surface area contributed by atoms with Gasteiger partial charge in [-0.25, -0.2) is 4.79 Å². The van der Waals surface area contributed by atoms with Gasteiger partial charge >= 0.3 is 30.0 Å². The molecule has 0 N–H and O–H groups in total. The Kier molecular flexibility index (Phi) is 19.2. The third kappa shape index (κ3) is 13.9. The summed E-state index contributed by atoms with van der Waals surface area (Å²) in [6.07, 6.45) is 17.8. The average molecular weight is 843 g/mol. The van der Waals surface area contributed by atoms with Crippen LogP contribution in [-0.4, -0.2) is 68.0 Å². The lowest BCUT2D eigenvalue weighted by molar-refractivity contribution is -0.166. The van der Waals surface area contributed by atoms with E-state index in [1.807, 2.05) is 39.8 Å². The SMILES string of the molecule is CC/C=C\CC(=O)OCC(COC(=O)C/C=C\CC)OC(=O)CC(C)CCC(C)CC(=O)OCOC(=O)O[C@@H]1CC[C@@]2(C)[C@@H](CC[C@@H]3[C@@H]2CC[C@]2(C)[C@@H](C(C)=O)CC[C@@H]32)C1. The van der Waals surface area contributed by atoms with Crippen molar-refractivity contribution in [3.05, 3.63) is 24.3 Å². The second-order valence-corrected chi connectivity index (χ2v) is 18.8. The monoisotopic (exact) mass is 843 g/mol. The van der Waals surface area contributed by atoms with E-state index in [9.17, 15) is 28.8 Å². The lowest BCUT2D eigenvalue weighted by Crippen LogP contribution is -2.54. The van der Waals surface area contributed by atoms with Gasteiger partial charge < -0.3 is 28.4 Å². The summed E-state index contributed by atoms with van der Waals surface area (Å²) in [5.41, 5.74) is 0.356. The molecule has 60 heavy (non-hydrogen) atoms. The molecule has 0 heterocycles. The van der Waals surface area contributed by atoms with Crippen molar-refractivity contribution in [1.82, 2.24) is 0 Å². The van der Waals surface area contributed by atoms with Crippen molar-refractivity contribution in [1.29, 1.82) is 0 Å². The van der Waals surface area contributed by atoms with Crippen LogP contribution in [0.4, 0.5) is 4.79 Å². The van der Waals surface area contributed by atoms with Gasteiger partial charge in [0.25, 0.3) is 0 Å². The normalized spacial score (nSPS) is 29.5. The highest BCUT2D eigenvalue weighted by atomic mass is 16.8. The number of ketones is 1. The summed E-state index contributed by atoms with van der Waals surface area (Å²) < 4.78 is 32.2. The average Bonchev–Trinajstić information content (AvgIpc) is 3.56. The molecular formula is C48H74O12. The zero-order chi connectivity index (χ0) is 43.9. The van der Waals surface area contributed by atoms with Crippen LogP contribution >= 0.6 is 0 Å². The van der Waals surface area contributed by atoms with Crippen molar-refractivity contribution >= 4 is 35.8 Å². The van der Waals surface area contributed by atoms with Crippen LogP contribution in [0.25, 0.3) is 0 Å². The quantitative estimate of drug-likeness (QED) is 0.0440. The van der Waals surface area contributed by atoms with Crippen LogP contribution < -0.4 is 0 Å². The number of Topliss-reactive ketones (excluding diaryl/α,β-unsaturated/α-hetero) is 1. The molecule has 4 aliphatic carbocycles. The van der Waals surface area contributed by atoms with Crippen molar-refractivity contribution in [3.8, 4) is 0 Å². The molecule has 0 aliphatic heterocycles. The summed E-state index contributed by atoms with van der Waals surface area (Å²) in [7, 11) is 0. The fourth-order valence-electron chi connectivity index (χ4n) is 11.2. The minimum absolute atomic E-state index is 0.0493. The third-order valence-corrected chi connectivity index (χ3v) is 14.5. The first-order chi connectivity index (χ1) is 28.6. The third-order valence-electron chi connectivity index (χ3n) is 14.5. The molecule has 4 saturated carbocycles. The Morgan fingerprint density at radius 3 is 1.83 bits per heavy atom. The van der Waals surface area contributed by atoms with Gasteiger partial charge in [-0.1, -0.05) is 65.8 Å². The van der Waals surface area contributed by atoms with Crippen LogP contribution in [0.5, 0.6) is 0 Å². The van der Waals surface area contributed by atoms with Gasteiger partial charge in [-0.3, -0.25) is 24.0 Å². The Labute approximate surface area is 358 Å². The standard InChI is InChI=1S/C48H74O12/c1-8-10-12-14-42(50)55-29-37(30-56-43(51)15-13-11-9-2)59-45(53)27-33(4)17-16-32(3)26-44(52)57-31-58-46(54)60-36-22-24-47(6)35(28-36)18-19-38-40-21-20-39(34(5)49)48(40,7)25-23-41(38)47/h10-13,32-33,35-41H,8-9,14-31H2,1-7H3/b12-10-,13-11-/t32?,33?,35-,36+,38-,39+,40-,41-,47-,48+/m0/s1. The topological polar surface area (TPSA) is 158 Å². The fourth-order valence-corrected chi connectivity index (χ4v) is 11.2. The van der Waals surface area contributed by atoms with Crippen LogP contribution in [-0.2, 0) is 52.4 Å². The van der Waals surface area contributed by atoms with Gasteiger partial charge in [0, 0.05) is 18.8 Å². The second kappa shape index (κ2) is 23.5. The Balaban J connectivity index is 1.11. The predicted octanol–water partition coefficient (Wildman–Crippen LogP) is 9.80. The number of esters is 4. The number of fused-ring (bicyclic) bond motifs is 5. The Morgan fingerprint density at radius 1 is 0.650 bits per heavy atom. The van der Waals surface area contributed by atoms with Gasteiger partial charge in [-0.2, -0.15) is 0 Å². The first kappa shape index (κ1) is 49.0. The molecule has 4 aliphatic rings. The van der Waals surface area contributed by atoms with E-state index < -0.39 is 42.9 Å². The maximum absolute atomic E-state index is 12.8. The second-order valence-electron chi connectivity index (χ2n) is 18.8. The molecule has 0 radical (unpaired) electrons. The van der Waals surface area contributed by atoms with E-state index in [4.69, 9.17) is 28.4 Å². The van der Waals surface area contributed by atoms with E-state index in [2.05, 4.69) is 13.8 Å². The van der Waals surface area contributed by atoms with E-state index in [1.165, 1.54) is 19.3 Å². The first-order valence-corrected chi connectivity index (χ1v) is 22.9. The molecule has 2 unspecified atom stereocenters. The van der Waals surface area contributed by atoms with Crippen molar-refractivity contribution in [2.45, 2.75) is 170 Å². The lowest BCUT2D eigenvalue weighted by atomic mass is 9.44. The molecule has 0 aromatic rings. The molecule has 12 nitrogen and oxygen atoms in total. The molecule has 0 saturated heterocycles. The molecule has 4 rings (SSSR count). The summed E-state index contributed by atoms with van der Waals surface area (Å²) in [4.78, 5) is 74.8. The van der Waals surface area contributed by atoms with E-state index >= 15 is 0 Å². The number of ether oxygens (including phenoxy) is 6. The Morgan fingerprint density at radius 2 is 1.23 bits per heavy atom. The van der Waals surface area contributed by atoms with Crippen LogP contribution in [0.15, 0.2) is 24.3 Å². The number of hydrogen-bond acceptors (Lipinski definition) is 12. The summed E-state index contributed by atoms with van der Waals surface area (Å²) in [5.74, 6) is 0.937. The highest BCUT2D eigenvalue weighted by Crippen LogP contribution is 2.67. The minimum atomic E-state index is -0.941. The van der Waals surface area contributed by atoms with E-state index in [0.717, 1.165) is 51.4 Å². The lowest BCUT2D eigenvalue weighted by Gasteiger charge is -2.61. The van der Waals surface area contributed by atoms with Crippen LogP contribution in [0, 0.1) is 52.3 Å². The van der Waals surface area contributed by atoms with E-state index in [1.54, 1.807) is 19.1 Å². The highest BCUT2D eigenvalue weighted by Gasteiger charge is 2.61. The minimum Gasteiger partial charge on any atom is -0.461 e. The molecule has 0 amide bonds. The smallest absolute Gasteiger partial charge is 0.461 e. The summed E-state index contributed by atoms with van der Waals surface area (Å²) >= 11 is 0. The Hall–Kier alpha value is -3.70. The highest BCUT2D eigenvalue weighted by molar-refractivity contribution is 5.79. The molecule has 0 aromatic carbocycles. The number of carbonyl (C=O) groups is 6. The van der Waals surface area contributed by atoms with Gasteiger partial charge in [-0.05, 0) is 137 Å². The van der Waals surface area contributed by atoms with E-state index in [0.29, 0.717) is 42.3 Å². The number of rotatable bonds is 22. The van der Waals surface area contributed by atoms with Crippen molar-refractivity contribution in [2.24, 2.45) is 52.3 Å². The fraction of sp³-hybridized carbons (Fsp3) is 0.792. The van der Waals surface area contributed by atoms with Crippen molar-refractivity contribution in [2.75, 3.05) is 20.0 Å². The summed E-state index contributed by atoms with van der Waals surface area (Å²) in [6, 6.07) is 0. The van der Waals surface area contributed by atoms with Gasteiger partial charge in [0.1, 0.15) is 25.1 Å². The molecule has 0 spiro atoms. The van der Waals surface area contributed by atoms with Crippen molar-refractivity contribution in [3.63, 3.8) is 0 Å². The zero-order valence-corrected chi connectivity index (χ0v) is 37.5. The van der Waals surface area contributed by atoms with Crippen molar-refractivity contribution < 1.29 is 57.2 Å². The van der Waals surface area contributed by atoms with Gasteiger partial charge in [0.05, 0.1) is 12.8 Å². The Bertz CT molecular complexity index is 1490. The van der Waals surface area contributed by atoms with Crippen LogP contribution in [0.2, 0.25) is 0 Å². The number of hydrogen-bond donors (Lipinski definition) is 0. The number of allylic oxidation sites excluding steroid dienone is 2. The largest absolute Gasteiger partial charge is 0.511 e. The maximum atomic E-state index is 12.8. The van der Waals surface area contributed by atoms with Gasteiger partial charge in [0.15, 0.2) is 6.10 Å². The predicted molar refractivity (Wildman–Crippen MR) is 225 cm³/mol. The van der Waals surface area contributed by atoms with Gasteiger partial charge in [-0.15, -0.1) is 0 Å². The van der Waals surface area contributed by atoms with Gasteiger partial charge in [0.2, 0.25) is 6.79 Å². The molecule has 0 bridgehead atoms.